The van der Waals surface area contributed by atoms with Crippen molar-refractivity contribution in [1.29, 1.82) is 0 Å². The summed E-state index contributed by atoms with van der Waals surface area (Å²) in [4.78, 5) is 11.9. The molecule has 31 heavy (non-hydrogen) atoms. The van der Waals surface area contributed by atoms with E-state index in [9.17, 15) is 19.4 Å². The first-order valence-electron chi connectivity index (χ1n) is 9.97. The molecular formula is C25H24FNO4. The van der Waals surface area contributed by atoms with Gasteiger partial charge in [-0.3, -0.25) is 4.79 Å². The van der Waals surface area contributed by atoms with Crippen LogP contribution in [0.4, 0.5) is 4.39 Å². The molecule has 0 saturated heterocycles. The van der Waals surface area contributed by atoms with E-state index in [0.717, 1.165) is 11.1 Å². The molecule has 5 nitrogen and oxygen atoms in total. The molecule has 0 radical (unpaired) electrons. The fraction of sp³-hybridized carbons (Fsp3) is 0.160. The van der Waals surface area contributed by atoms with Crippen LogP contribution in [0.2, 0.25) is 0 Å². The maximum Gasteiger partial charge on any atom is 0.243 e. The molecule has 0 fully saturated rings. The monoisotopic (exact) mass is 421 g/mol. The predicted octanol–water partition coefficient (Wildman–Crippen LogP) is 4.88. The van der Waals surface area contributed by atoms with Gasteiger partial charge in [-0.15, -0.1) is 0 Å². The highest BCUT2D eigenvalue weighted by Crippen LogP contribution is 2.31. The average Bonchev–Trinajstić information content (AvgIpc) is 2.76. The molecule has 1 amide bonds. The minimum atomic E-state index is -0.360. The fourth-order valence-corrected chi connectivity index (χ4v) is 2.92. The third kappa shape index (κ3) is 7.19. The summed E-state index contributed by atoms with van der Waals surface area (Å²) in [7, 11) is 0. The van der Waals surface area contributed by atoms with Gasteiger partial charge in [0.25, 0.3) is 0 Å². The van der Waals surface area contributed by atoms with Crippen LogP contribution in [0.25, 0.3) is 0 Å². The van der Waals surface area contributed by atoms with Crippen LogP contribution < -0.4 is 10.1 Å². The van der Waals surface area contributed by atoms with E-state index in [0.29, 0.717) is 37.3 Å². The third-order valence-electron chi connectivity index (χ3n) is 4.58. The Morgan fingerprint density at radius 1 is 0.935 bits per heavy atom. The number of hydrogen-bond donors (Lipinski definition) is 3. The van der Waals surface area contributed by atoms with Crippen molar-refractivity contribution < 1.29 is 24.1 Å². The topological polar surface area (TPSA) is 78.8 Å². The van der Waals surface area contributed by atoms with Crippen molar-refractivity contribution in [3.63, 3.8) is 0 Å². The van der Waals surface area contributed by atoms with Crippen molar-refractivity contribution in [3.8, 4) is 23.0 Å². The Kier molecular flexibility index (Phi) is 7.65. The Balaban J connectivity index is 1.43. The molecule has 6 heteroatoms. The van der Waals surface area contributed by atoms with E-state index in [1.54, 1.807) is 36.4 Å². The molecule has 0 heterocycles. The van der Waals surface area contributed by atoms with Crippen molar-refractivity contribution in [1.82, 2.24) is 5.32 Å². The number of allylic oxidation sites excluding steroid dienone is 1. The van der Waals surface area contributed by atoms with Gasteiger partial charge in [0.15, 0.2) is 11.5 Å². The number of aryl methyl sites for hydroxylation is 1. The predicted molar refractivity (Wildman–Crippen MR) is 117 cm³/mol. The number of carbonyl (C=O) groups is 1. The van der Waals surface area contributed by atoms with Gasteiger partial charge >= 0.3 is 0 Å². The maximum atomic E-state index is 13.0. The van der Waals surface area contributed by atoms with E-state index in [1.807, 2.05) is 12.1 Å². The van der Waals surface area contributed by atoms with Crippen molar-refractivity contribution in [3.05, 3.63) is 95.8 Å². The highest BCUT2D eigenvalue weighted by Gasteiger charge is 2.06. The zero-order valence-corrected chi connectivity index (χ0v) is 16.9. The Morgan fingerprint density at radius 2 is 1.65 bits per heavy atom. The van der Waals surface area contributed by atoms with Crippen LogP contribution in [0.15, 0.2) is 78.9 Å². The van der Waals surface area contributed by atoms with E-state index >= 15 is 0 Å². The highest BCUT2D eigenvalue weighted by molar-refractivity contribution is 5.87. The molecule has 0 aliphatic carbocycles. The molecule has 0 bridgehead atoms. The number of phenols is 2. The van der Waals surface area contributed by atoms with Gasteiger partial charge in [-0.25, -0.2) is 4.39 Å². The SMILES string of the molecule is O=C(/C=C/CCc1ccc(O)c(Oc2ccc(F)cc2)c1)NCCc1ccc(O)cc1. The van der Waals surface area contributed by atoms with Crippen LogP contribution in [0.3, 0.4) is 0 Å². The number of phenolic OH excluding ortho intramolecular Hbond substituents is 2. The summed E-state index contributed by atoms with van der Waals surface area (Å²) in [6.07, 6.45) is 5.30. The Labute approximate surface area is 180 Å². The quantitative estimate of drug-likeness (QED) is 0.431. The summed E-state index contributed by atoms with van der Waals surface area (Å²) < 4.78 is 18.6. The summed E-state index contributed by atoms with van der Waals surface area (Å²) in [5.41, 5.74) is 1.97. The first-order chi connectivity index (χ1) is 15.0. The molecule has 0 unspecified atom stereocenters. The van der Waals surface area contributed by atoms with Crippen LogP contribution in [-0.2, 0) is 17.6 Å². The molecule has 3 N–H and O–H groups in total. The van der Waals surface area contributed by atoms with E-state index < -0.39 is 0 Å². The second-order valence-electron chi connectivity index (χ2n) is 7.01. The molecule has 0 saturated carbocycles. The second kappa shape index (κ2) is 10.8. The molecule has 0 atom stereocenters. The van der Waals surface area contributed by atoms with Gasteiger partial charge < -0.3 is 20.3 Å². The highest BCUT2D eigenvalue weighted by atomic mass is 19.1. The molecule has 0 aliphatic rings. The van der Waals surface area contributed by atoms with Crippen molar-refractivity contribution in [2.75, 3.05) is 6.54 Å². The number of ether oxygens (including phenoxy) is 1. The van der Waals surface area contributed by atoms with E-state index in [4.69, 9.17) is 4.74 Å². The van der Waals surface area contributed by atoms with Gasteiger partial charge in [0, 0.05) is 6.54 Å². The number of aromatic hydroxyl groups is 2. The smallest absolute Gasteiger partial charge is 0.243 e. The van der Waals surface area contributed by atoms with Gasteiger partial charge in [0.1, 0.15) is 17.3 Å². The molecule has 0 aromatic heterocycles. The fourth-order valence-electron chi connectivity index (χ4n) is 2.92. The largest absolute Gasteiger partial charge is 0.508 e. The summed E-state index contributed by atoms with van der Waals surface area (Å²) in [6.45, 7) is 0.510. The van der Waals surface area contributed by atoms with Crippen LogP contribution >= 0.6 is 0 Å². The van der Waals surface area contributed by atoms with Gasteiger partial charge in [0.05, 0.1) is 0 Å². The van der Waals surface area contributed by atoms with E-state index in [-0.39, 0.29) is 23.2 Å². The maximum absolute atomic E-state index is 13.0. The molecule has 3 aromatic carbocycles. The molecular weight excluding hydrogens is 397 g/mol. The lowest BCUT2D eigenvalue weighted by atomic mass is 10.1. The minimum Gasteiger partial charge on any atom is -0.508 e. The summed E-state index contributed by atoms with van der Waals surface area (Å²) in [6, 6.07) is 17.5. The van der Waals surface area contributed by atoms with Crippen LogP contribution in [0.1, 0.15) is 17.5 Å². The lowest BCUT2D eigenvalue weighted by Gasteiger charge is -2.09. The number of benzene rings is 3. The average molecular weight is 421 g/mol. The first kappa shape index (κ1) is 21.9. The lowest BCUT2D eigenvalue weighted by molar-refractivity contribution is -0.116. The third-order valence-corrected chi connectivity index (χ3v) is 4.58. The number of carbonyl (C=O) groups excluding carboxylic acids is 1. The van der Waals surface area contributed by atoms with Crippen molar-refractivity contribution in [2.45, 2.75) is 19.3 Å². The second-order valence-corrected chi connectivity index (χ2v) is 7.01. The molecule has 0 aliphatic heterocycles. The number of halogens is 1. The molecule has 160 valence electrons. The van der Waals surface area contributed by atoms with Crippen molar-refractivity contribution in [2.24, 2.45) is 0 Å². The normalized spacial score (nSPS) is 10.9. The number of nitrogens with one attached hydrogen (secondary N) is 1. The summed E-state index contributed by atoms with van der Waals surface area (Å²) >= 11 is 0. The number of hydrogen-bond acceptors (Lipinski definition) is 4. The Morgan fingerprint density at radius 3 is 2.39 bits per heavy atom. The minimum absolute atomic E-state index is 0.00313. The van der Waals surface area contributed by atoms with Crippen molar-refractivity contribution >= 4 is 5.91 Å². The number of rotatable bonds is 9. The van der Waals surface area contributed by atoms with Crippen LogP contribution in [-0.4, -0.2) is 22.7 Å². The zero-order valence-electron chi connectivity index (χ0n) is 16.9. The van der Waals surface area contributed by atoms with Gasteiger partial charge in [0.2, 0.25) is 5.91 Å². The first-order valence-corrected chi connectivity index (χ1v) is 9.97. The molecule has 3 aromatic rings. The summed E-state index contributed by atoms with van der Waals surface area (Å²) in [5.74, 6) is 0.416. The molecule has 0 spiro atoms. The lowest BCUT2D eigenvalue weighted by Crippen LogP contribution is -2.23. The van der Waals surface area contributed by atoms with Crippen LogP contribution in [0, 0.1) is 5.82 Å². The standard InChI is InChI=1S/C25H24FNO4/c26-20-8-12-22(13-9-20)31-24-17-19(7-14-23(24)29)3-1-2-4-25(30)27-16-15-18-5-10-21(28)11-6-18/h2,4-14,17,28-29H,1,3,15-16H2,(H,27,30)/b4-2+. The van der Waals surface area contributed by atoms with Gasteiger partial charge in [-0.1, -0.05) is 24.3 Å². The molecule has 3 rings (SSSR count). The van der Waals surface area contributed by atoms with Crippen LogP contribution in [0.5, 0.6) is 23.0 Å². The Hall–Kier alpha value is -3.80. The van der Waals surface area contributed by atoms with Gasteiger partial charge in [-0.2, -0.15) is 0 Å². The zero-order chi connectivity index (χ0) is 22.1. The Bertz CT molecular complexity index is 1030. The van der Waals surface area contributed by atoms with Gasteiger partial charge in [-0.05, 0) is 85.0 Å². The number of amides is 1. The van der Waals surface area contributed by atoms with E-state index in [1.165, 1.54) is 30.3 Å². The summed E-state index contributed by atoms with van der Waals surface area (Å²) in [5, 5.41) is 22.1. The van der Waals surface area contributed by atoms with E-state index in [2.05, 4.69) is 5.32 Å².